The van der Waals surface area contributed by atoms with Gasteiger partial charge in [-0.2, -0.15) is 0 Å². The number of carboxylic acid groups (broad SMARTS) is 1. The molecule has 2 amide bonds. The van der Waals surface area contributed by atoms with E-state index in [1.54, 1.807) is 0 Å². The summed E-state index contributed by atoms with van der Waals surface area (Å²) in [7, 11) is 0. The number of benzene rings is 1. The highest BCUT2D eigenvalue weighted by molar-refractivity contribution is 5.82. The molecule has 0 heterocycles. The predicted octanol–water partition coefficient (Wildman–Crippen LogP) is 1.44. The molecule has 0 saturated carbocycles. The zero-order valence-corrected chi connectivity index (χ0v) is 12.2. The largest absolute Gasteiger partial charge is 0.480 e. The van der Waals surface area contributed by atoms with Gasteiger partial charge in [0.25, 0.3) is 0 Å². The molecular weight excluding hydrogens is 272 g/mol. The number of urea groups is 1. The fourth-order valence-corrected chi connectivity index (χ4v) is 1.96. The van der Waals surface area contributed by atoms with Crippen molar-refractivity contribution in [2.45, 2.75) is 32.4 Å². The van der Waals surface area contributed by atoms with Gasteiger partial charge in [-0.15, -0.1) is 0 Å². The van der Waals surface area contributed by atoms with E-state index >= 15 is 0 Å². The molecule has 1 atom stereocenters. The number of aliphatic hydroxyl groups excluding tert-OH is 1. The van der Waals surface area contributed by atoms with E-state index < -0.39 is 18.0 Å². The molecule has 0 radical (unpaired) electrons. The van der Waals surface area contributed by atoms with Crippen molar-refractivity contribution in [3.8, 4) is 0 Å². The van der Waals surface area contributed by atoms with E-state index in [-0.39, 0.29) is 13.2 Å². The van der Waals surface area contributed by atoms with Crippen LogP contribution in [0.2, 0.25) is 0 Å². The SMILES string of the molecule is CCC[C@@H](NC(=O)N(CCO)Cc1ccccc1)C(=O)O. The van der Waals surface area contributed by atoms with E-state index in [4.69, 9.17) is 10.2 Å². The van der Waals surface area contributed by atoms with Gasteiger partial charge in [0.1, 0.15) is 6.04 Å². The van der Waals surface area contributed by atoms with Crippen LogP contribution >= 0.6 is 0 Å². The summed E-state index contributed by atoms with van der Waals surface area (Å²) in [5.41, 5.74) is 0.920. The lowest BCUT2D eigenvalue weighted by molar-refractivity contribution is -0.139. The highest BCUT2D eigenvalue weighted by atomic mass is 16.4. The van der Waals surface area contributed by atoms with Crippen molar-refractivity contribution in [1.82, 2.24) is 10.2 Å². The van der Waals surface area contributed by atoms with Gasteiger partial charge >= 0.3 is 12.0 Å². The topological polar surface area (TPSA) is 89.9 Å². The van der Waals surface area contributed by atoms with Gasteiger partial charge in [-0.3, -0.25) is 0 Å². The van der Waals surface area contributed by atoms with Gasteiger partial charge in [0, 0.05) is 13.1 Å². The predicted molar refractivity (Wildman–Crippen MR) is 78.8 cm³/mol. The molecule has 0 bridgehead atoms. The second-order valence-corrected chi connectivity index (χ2v) is 4.76. The minimum Gasteiger partial charge on any atom is -0.480 e. The van der Waals surface area contributed by atoms with Crippen LogP contribution < -0.4 is 5.32 Å². The quantitative estimate of drug-likeness (QED) is 0.677. The maximum Gasteiger partial charge on any atom is 0.326 e. The number of carboxylic acids is 1. The Bertz CT molecular complexity index is 450. The first-order valence-electron chi connectivity index (χ1n) is 7.01. The van der Waals surface area contributed by atoms with Crippen LogP contribution in [0.25, 0.3) is 0 Å². The standard InChI is InChI=1S/C15H22N2O4/c1-2-6-13(14(19)20)16-15(21)17(9-10-18)11-12-7-4-3-5-8-12/h3-5,7-8,13,18H,2,6,9-11H2,1H3,(H,16,21)(H,19,20)/t13-/m1/s1. The molecule has 0 fully saturated rings. The van der Waals surface area contributed by atoms with Crippen molar-refractivity contribution in [2.75, 3.05) is 13.2 Å². The Morgan fingerprint density at radius 1 is 1.29 bits per heavy atom. The Balaban J connectivity index is 2.70. The average molecular weight is 294 g/mol. The van der Waals surface area contributed by atoms with Crippen molar-refractivity contribution in [3.05, 3.63) is 35.9 Å². The Morgan fingerprint density at radius 2 is 1.95 bits per heavy atom. The number of nitrogens with zero attached hydrogens (tertiary/aromatic N) is 1. The minimum absolute atomic E-state index is 0.152. The van der Waals surface area contributed by atoms with Crippen molar-refractivity contribution < 1.29 is 19.8 Å². The first kappa shape index (κ1) is 17.0. The van der Waals surface area contributed by atoms with Gasteiger partial charge in [-0.05, 0) is 12.0 Å². The van der Waals surface area contributed by atoms with E-state index in [9.17, 15) is 9.59 Å². The van der Waals surface area contributed by atoms with E-state index in [1.165, 1.54) is 4.90 Å². The zero-order chi connectivity index (χ0) is 15.7. The lowest BCUT2D eigenvalue weighted by Crippen LogP contribution is -2.48. The molecule has 0 aliphatic carbocycles. The van der Waals surface area contributed by atoms with Gasteiger partial charge in [0.2, 0.25) is 0 Å². The molecule has 6 heteroatoms. The van der Waals surface area contributed by atoms with Gasteiger partial charge in [0.15, 0.2) is 0 Å². The second-order valence-electron chi connectivity index (χ2n) is 4.76. The van der Waals surface area contributed by atoms with Crippen LogP contribution in [0.1, 0.15) is 25.3 Å². The third kappa shape index (κ3) is 5.83. The number of hydrogen-bond donors (Lipinski definition) is 3. The summed E-state index contributed by atoms with van der Waals surface area (Å²) in [5, 5.41) is 20.6. The normalized spacial score (nSPS) is 11.7. The van der Waals surface area contributed by atoms with Crippen molar-refractivity contribution in [2.24, 2.45) is 0 Å². The number of rotatable bonds is 8. The van der Waals surface area contributed by atoms with Crippen LogP contribution in [0.3, 0.4) is 0 Å². The molecular formula is C15H22N2O4. The third-order valence-electron chi connectivity index (χ3n) is 3.05. The molecule has 21 heavy (non-hydrogen) atoms. The molecule has 0 unspecified atom stereocenters. The first-order valence-corrected chi connectivity index (χ1v) is 7.01. The van der Waals surface area contributed by atoms with Crippen molar-refractivity contribution in [3.63, 3.8) is 0 Å². The van der Waals surface area contributed by atoms with E-state index in [0.29, 0.717) is 19.4 Å². The van der Waals surface area contributed by atoms with Crippen LogP contribution in [-0.4, -0.2) is 46.3 Å². The fraction of sp³-hybridized carbons (Fsp3) is 0.467. The second kappa shape index (κ2) is 8.97. The minimum atomic E-state index is -1.05. The Morgan fingerprint density at radius 3 is 2.48 bits per heavy atom. The van der Waals surface area contributed by atoms with E-state index in [2.05, 4.69) is 5.32 Å². The summed E-state index contributed by atoms with van der Waals surface area (Å²) < 4.78 is 0. The Kier molecular flexibility index (Phi) is 7.25. The highest BCUT2D eigenvalue weighted by Gasteiger charge is 2.22. The summed E-state index contributed by atoms with van der Waals surface area (Å²) in [6.07, 6.45) is 1.04. The number of aliphatic carboxylic acids is 1. The summed E-state index contributed by atoms with van der Waals surface area (Å²) in [5.74, 6) is -1.05. The van der Waals surface area contributed by atoms with Crippen LogP contribution in [0.15, 0.2) is 30.3 Å². The number of hydrogen-bond acceptors (Lipinski definition) is 3. The molecule has 0 aliphatic heterocycles. The van der Waals surface area contributed by atoms with Crippen LogP contribution in [0.4, 0.5) is 4.79 Å². The molecule has 0 spiro atoms. The van der Waals surface area contributed by atoms with Crippen molar-refractivity contribution in [1.29, 1.82) is 0 Å². The fourth-order valence-electron chi connectivity index (χ4n) is 1.96. The summed E-state index contributed by atoms with van der Waals surface area (Å²) in [4.78, 5) is 24.7. The maximum absolute atomic E-state index is 12.2. The van der Waals surface area contributed by atoms with Gasteiger partial charge in [-0.1, -0.05) is 43.7 Å². The summed E-state index contributed by atoms with van der Waals surface area (Å²) in [6, 6.07) is 7.97. The molecule has 1 aromatic carbocycles. The van der Waals surface area contributed by atoms with Crippen LogP contribution in [0, 0.1) is 0 Å². The first-order chi connectivity index (χ1) is 10.1. The lowest BCUT2D eigenvalue weighted by Gasteiger charge is -2.24. The van der Waals surface area contributed by atoms with Gasteiger partial charge in [0.05, 0.1) is 6.61 Å². The van der Waals surface area contributed by atoms with Crippen molar-refractivity contribution >= 4 is 12.0 Å². The molecule has 1 aromatic rings. The average Bonchev–Trinajstić information content (AvgIpc) is 2.47. The third-order valence-corrected chi connectivity index (χ3v) is 3.05. The molecule has 116 valence electrons. The molecule has 6 nitrogen and oxygen atoms in total. The van der Waals surface area contributed by atoms with E-state index in [1.807, 2.05) is 37.3 Å². The monoisotopic (exact) mass is 294 g/mol. The molecule has 0 saturated heterocycles. The molecule has 3 N–H and O–H groups in total. The van der Waals surface area contributed by atoms with Gasteiger partial charge in [-0.25, -0.2) is 9.59 Å². The number of nitrogens with one attached hydrogen (secondary N) is 1. The summed E-state index contributed by atoms with van der Waals surface area (Å²) >= 11 is 0. The summed E-state index contributed by atoms with van der Waals surface area (Å²) in [6.45, 7) is 2.16. The number of aliphatic hydroxyl groups is 1. The Hall–Kier alpha value is -2.08. The zero-order valence-electron chi connectivity index (χ0n) is 12.2. The smallest absolute Gasteiger partial charge is 0.326 e. The number of carbonyl (C=O) groups is 2. The molecule has 0 aliphatic rings. The Labute approximate surface area is 124 Å². The van der Waals surface area contributed by atoms with Crippen LogP contribution in [0.5, 0.6) is 0 Å². The number of amides is 2. The molecule has 0 aromatic heterocycles. The van der Waals surface area contributed by atoms with Gasteiger partial charge < -0.3 is 20.4 Å². The lowest BCUT2D eigenvalue weighted by atomic mass is 10.1. The maximum atomic E-state index is 12.2. The van der Waals surface area contributed by atoms with E-state index in [0.717, 1.165) is 5.56 Å². The number of carbonyl (C=O) groups excluding carboxylic acids is 1. The highest BCUT2D eigenvalue weighted by Crippen LogP contribution is 2.06. The van der Waals surface area contributed by atoms with Crippen LogP contribution in [-0.2, 0) is 11.3 Å². The molecule has 1 rings (SSSR count).